The third kappa shape index (κ3) is 3.18. The fourth-order valence-electron chi connectivity index (χ4n) is 7.93. The molecule has 2 heterocycles. The molecule has 6 heteroatoms. The molecule has 1 aliphatic heterocycles. The van der Waals surface area contributed by atoms with Crippen molar-refractivity contribution in [3.63, 3.8) is 0 Å². The van der Waals surface area contributed by atoms with Gasteiger partial charge in [0, 0.05) is 52.7 Å². The summed E-state index contributed by atoms with van der Waals surface area (Å²) in [5.74, 6) is -2.31. The smallest absolute Gasteiger partial charge is 0.235 e. The van der Waals surface area contributed by atoms with Gasteiger partial charge < -0.3 is 10.3 Å². The number of nitrogens with one attached hydrogen (secondary N) is 2. The van der Waals surface area contributed by atoms with Crippen molar-refractivity contribution in [2.45, 2.75) is 64.8 Å². The lowest BCUT2D eigenvalue weighted by Gasteiger charge is -2.53. The third-order valence-corrected chi connectivity index (χ3v) is 9.78. The van der Waals surface area contributed by atoms with Crippen LogP contribution in [0.3, 0.4) is 0 Å². The minimum absolute atomic E-state index is 0.0445. The average Bonchev–Trinajstić information content (AvgIpc) is 3.41. The number of allylic oxidation sites excluding steroid dienone is 6. The van der Waals surface area contributed by atoms with E-state index in [2.05, 4.69) is 42.4 Å². The predicted molar refractivity (Wildman–Crippen MR) is 145 cm³/mol. The Bertz CT molecular complexity index is 1510. The van der Waals surface area contributed by atoms with E-state index in [1.165, 1.54) is 5.56 Å². The number of rotatable bonds is 0. The highest BCUT2D eigenvalue weighted by atomic mass is 16.2. The first-order chi connectivity index (χ1) is 18.1. The second kappa shape index (κ2) is 8.48. The highest BCUT2D eigenvalue weighted by Gasteiger charge is 2.71. The molecule has 196 valence electrons. The summed E-state index contributed by atoms with van der Waals surface area (Å²) < 4.78 is 0. The highest BCUT2D eigenvalue weighted by Crippen LogP contribution is 2.63. The van der Waals surface area contributed by atoms with Gasteiger partial charge in [0.15, 0.2) is 0 Å². The van der Waals surface area contributed by atoms with Gasteiger partial charge in [0.2, 0.25) is 17.5 Å². The number of amides is 1. The van der Waals surface area contributed by atoms with E-state index in [1.807, 2.05) is 37.3 Å². The van der Waals surface area contributed by atoms with Gasteiger partial charge in [0.25, 0.3) is 0 Å². The maximum atomic E-state index is 14.3. The SMILES string of the molecule is CC1=C[C@@H]2/C=C/C[C@H](C)/C=C(\C)C(=O)C(=O)CCC(=O)[C@]23C(=O)N[C@H]2Cc4c([nH]c5ccccc45)[C@@]1(C)[C@@H]23. The first-order valence-corrected chi connectivity index (χ1v) is 13.7. The number of carbonyl (C=O) groups excluding carboxylic acids is 4. The standard InChI is InChI=1S/C32H34N2O4/c1-17-8-7-9-20-15-19(3)31(4)28-24(16-22-21-10-5-6-11-23(21)33-29(22)31)34-30(38)32(20,28)26(36)13-12-25(35)27(37)18(2)14-17/h5-7,9-11,14-15,17,20,24,28,33H,8,12-13,16H2,1-4H3,(H,34,38)/b9-7+,18-14+/t17-,20-,24-,28+,31+,32+/m0/s1. The number of ketones is 3. The highest BCUT2D eigenvalue weighted by molar-refractivity contribution is 6.43. The van der Waals surface area contributed by atoms with E-state index in [1.54, 1.807) is 6.92 Å². The molecule has 1 aromatic heterocycles. The van der Waals surface area contributed by atoms with Crippen LogP contribution in [0.4, 0.5) is 0 Å². The van der Waals surface area contributed by atoms with Gasteiger partial charge in [-0.2, -0.15) is 0 Å². The summed E-state index contributed by atoms with van der Waals surface area (Å²) in [7, 11) is 0. The van der Waals surface area contributed by atoms with E-state index in [4.69, 9.17) is 0 Å². The molecule has 2 N–H and O–H groups in total. The summed E-state index contributed by atoms with van der Waals surface area (Å²) >= 11 is 0. The van der Waals surface area contributed by atoms with Crippen molar-refractivity contribution in [2.24, 2.45) is 23.2 Å². The Balaban J connectivity index is 1.56. The Morgan fingerprint density at radius 1 is 1.00 bits per heavy atom. The largest absolute Gasteiger partial charge is 0.357 e. The molecule has 1 saturated heterocycles. The quantitative estimate of drug-likeness (QED) is 0.305. The zero-order valence-electron chi connectivity index (χ0n) is 22.4. The number of benzene rings is 1. The first-order valence-electron chi connectivity index (χ1n) is 13.7. The molecule has 4 aliphatic rings. The van der Waals surface area contributed by atoms with Crippen molar-refractivity contribution in [2.75, 3.05) is 0 Å². The molecule has 6 rings (SSSR count). The molecular weight excluding hydrogens is 476 g/mol. The topological polar surface area (TPSA) is 96.1 Å². The molecule has 1 spiro atoms. The molecule has 3 aliphatic carbocycles. The molecule has 6 atom stereocenters. The molecule has 38 heavy (non-hydrogen) atoms. The molecule has 0 bridgehead atoms. The van der Waals surface area contributed by atoms with Gasteiger partial charge in [-0.15, -0.1) is 0 Å². The summed E-state index contributed by atoms with van der Waals surface area (Å²) in [6, 6.07) is 8.00. The van der Waals surface area contributed by atoms with Gasteiger partial charge >= 0.3 is 0 Å². The van der Waals surface area contributed by atoms with Crippen molar-refractivity contribution in [1.82, 2.24) is 10.3 Å². The maximum Gasteiger partial charge on any atom is 0.235 e. The summed E-state index contributed by atoms with van der Waals surface area (Å²) in [5, 5.41) is 4.39. The van der Waals surface area contributed by atoms with Crippen LogP contribution < -0.4 is 5.32 Å². The first kappa shape index (κ1) is 24.8. The number of carbonyl (C=O) groups is 4. The zero-order chi connectivity index (χ0) is 27.0. The molecule has 0 saturated carbocycles. The van der Waals surface area contributed by atoms with Crippen LogP contribution in [0.1, 0.15) is 58.2 Å². The van der Waals surface area contributed by atoms with Crippen LogP contribution in [0.15, 0.2) is 59.7 Å². The summed E-state index contributed by atoms with van der Waals surface area (Å²) in [5.41, 5.74) is 2.95. The van der Waals surface area contributed by atoms with Crippen LogP contribution in [0.2, 0.25) is 0 Å². The Morgan fingerprint density at radius 3 is 2.55 bits per heavy atom. The average molecular weight is 511 g/mol. The number of H-pyrrole nitrogens is 1. The molecule has 0 unspecified atom stereocenters. The summed E-state index contributed by atoms with van der Waals surface area (Å²) in [4.78, 5) is 57.6. The van der Waals surface area contributed by atoms with E-state index < -0.39 is 28.3 Å². The molecule has 6 nitrogen and oxygen atoms in total. The van der Waals surface area contributed by atoms with E-state index in [9.17, 15) is 19.2 Å². The van der Waals surface area contributed by atoms with Gasteiger partial charge in [-0.05, 0) is 56.7 Å². The van der Waals surface area contributed by atoms with Crippen molar-refractivity contribution < 1.29 is 19.2 Å². The number of fused-ring (bicyclic) bond motifs is 4. The maximum absolute atomic E-state index is 14.3. The van der Waals surface area contributed by atoms with E-state index in [0.29, 0.717) is 18.4 Å². The third-order valence-electron chi connectivity index (χ3n) is 9.78. The normalized spacial score (nSPS) is 37.5. The molecule has 1 aromatic carbocycles. The molecule has 0 radical (unpaired) electrons. The number of aromatic amines is 1. The Kier molecular flexibility index (Phi) is 5.53. The second-order valence-electron chi connectivity index (χ2n) is 11.9. The summed E-state index contributed by atoms with van der Waals surface area (Å²) in [6.07, 6.45) is 8.95. The van der Waals surface area contributed by atoms with Crippen LogP contribution >= 0.6 is 0 Å². The minimum atomic E-state index is -1.34. The molecule has 1 amide bonds. The van der Waals surface area contributed by atoms with Gasteiger partial charge in [-0.3, -0.25) is 19.2 Å². The lowest BCUT2D eigenvalue weighted by molar-refractivity contribution is -0.147. The van der Waals surface area contributed by atoms with E-state index in [0.717, 1.165) is 22.2 Å². The van der Waals surface area contributed by atoms with Crippen molar-refractivity contribution in [3.8, 4) is 0 Å². The van der Waals surface area contributed by atoms with Crippen molar-refractivity contribution in [3.05, 3.63) is 71.0 Å². The number of hydrogen-bond acceptors (Lipinski definition) is 4. The van der Waals surface area contributed by atoms with E-state index in [-0.39, 0.29) is 42.4 Å². The molecule has 1 fully saturated rings. The van der Waals surface area contributed by atoms with Gasteiger partial charge in [0.05, 0.1) is 0 Å². The fraction of sp³-hybridized carbons (Fsp3) is 0.438. The number of Topliss-reactive ketones (excluding diaryl/α,β-unsaturated/α-hetero) is 3. The van der Waals surface area contributed by atoms with Gasteiger partial charge in [-0.1, -0.05) is 55.0 Å². The molecule has 2 aromatic rings. The lowest BCUT2D eigenvalue weighted by Crippen LogP contribution is -2.59. The lowest BCUT2D eigenvalue weighted by atomic mass is 9.46. The van der Waals surface area contributed by atoms with E-state index >= 15 is 0 Å². The fourth-order valence-corrected chi connectivity index (χ4v) is 7.93. The second-order valence-corrected chi connectivity index (χ2v) is 11.9. The monoisotopic (exact) mass is 510 g/mol. The zero-order valence-corrected chi connectivity index (χ0v) is 22.4. The summed E-state index contributed by atoms with van der Waals surface area (Å²) in [6.45, 7) is 7.93. The Morgan fingerprint density at radius 2 is 1.76 bits per heavy atom. The number of para-hydroxylation sites is 1. The van der Waals surface area contributed by atoms with Crippen LogP contribution in [-0.2, 0) is 31.0 Å². The van der Waals surface area contributed by atoms with Crippen LogP contribution in [0.5, 0.6) is 0 Å². The Hall–Kier alpha value is -3.54. The van der Waals surface area contributed by atoms with Crippen LogP contribution in [-0.4, -0.2) is 34.3 Å². The van der Waals surface area contributed by atoms with Gasteiger partial charge in [0.1, 0.15) is 11.2 Å². The number of hydrogen-bond donors (Lipinski definition) is 2. The van der Waals surface area contributed by atoms with Crippen LogP contribution in [0.25, 0.3) is 10.9 Å². The predicted octanol–water partition coefficient (Wildman–Crippen LogP) is 4.69. The molecular formula is C32H34N2O4. The van der Waals surface area contributed by atoms with Crippen molar-refractivity contribution >= 4 is 34.2 Å². The van der Waals surface area contributed by atoms with Gasteiger partial charge in [-0.25, -0.2) is 0 Å². The number of aromatic nitrogens is 1. The van der Waals surface area contributed by atoms with Crippen LogP contribution in [0, 0.1) is 23.2 Å². The minimum Gasteiger partial charge on any atom is -0.357 e. The van der Waals surface area contributed by atoms with Crippen molar-refractivity contribution in [1.29, 1.82) is 0 Å². The Labute approximate surface area is 222 Å².